The normalized spacial score (nSPS) is 32.0. The van der Waals surface area contributed by atoms with Gasteiger partial charge in [0.25, 0.3) is 0 Å². The summed E-state index contributed by atoms with van der Waals surface area (Å²) in [5.74, 6) is -3.25. The van der Waals surface area contributed by atoms with Gasteiger partial charge in [0, 0.05) is 28.7 Å². The van der Waals surface area contributed by atoms with E-state index >= 15 is 4.39 Å². The lowest BCUT2D eigenvalue weighted by Crippen LogP contribution is -2.62. The zero-order valence-corrected chi connectivity index (χ0v) is 26.9. The van der Waals surface area contributed by atoms with Gasteiger partial charge in [-0.25, -0.2) is 4.39 Å². The van der Waals surface area contributed by atoms with Crippen molar-refractivity contribution in [1.29, 1.82) is 0 Å². The molecule has 2 spiro atoms. The number of amides is 2. The summed E-state index contributed by atoms with van der Waals surface area (Å²) < 4.78 is 16.1. The van der Waals surface area contributed by atoms with Gasteiger partial charge in [-0.05, 0) is 87.6 Å². The third-order valence-electron chi connectivity index (χ3n) is 11.2. The summed E-state index contributed by atoms with van der Waals surface area (Å²) in [6, 6.07) is 8.73. The number of aliphatic hydroxyl groups is 1. The predicted molar refractivity (Wildman–Crippen MR) is 170 cm³/mol. The number of nitrogens with one attached hydrogen (secondary N) is 3. The zero-order chi connectivity index (χ0) is 32.2. The molecule has 2 aliphatic carbocycles. The van der Waals surface area contributed by atoms with Crippen molar-refractivity contribution < 1.29 is 29.0 Å². The SMILES string of the molecule is CC1(O)CCC2(CC1)N[C@@H](C(=O)NCCCC1(C(=O)O)CCCCC1)[C@H](c1cccc(Cl)c1F)[C@]21C(=O)Nc2cc(Cl)ccc21. The Kier molecular flexibility index (Phi) is 8.46. The number of aliphatic carboxylic acids is 1. The number of hydrogen-bond acceptors (Lipinski definition) is 5. The summed E-state index contributed by atoms with van der Waals surface area (Å²) in [4.78, 5) is 40.9. The number of carboxylic acid groups (broad SMARTS) is 1. The minimum atomic E-state index is -1.42. The van der Waals surface area contributed by atoms with Gasteiger partial charge in [-0.3, -0.25) is 19.7 Å². The van der Waals surface area contributed by atoms with E-state index in [1.165, 1.54) is 6.07 Å². The molecule has 2 heterocycles. The van der Waals surface area contributed by atoms with Crippen molar-refractivity contribution in [3.63, 3.8) is 0 Å². The van der Waals surface area contributed by atoms with Crippen LogP contribution in [0.25, 0.3) is 0 Å². The van der Waals surface area contributed by atoms with Crippen molar-refractivity contribution in [2.24, 2.45) is 5.41 Å². The van der Waals surface area contributed by atoms with Gasteiger partial charge < -0.3 is 20.8 Å². The molecular formula is C34H40Cl2FN3O5. The number of rotatable bonds is 7. The van der Waals surface area contributed by atoms with E-state index in [0.29, 0.717) is 67.6 Å². The van der Waals surface area contributed by atoms with Gasteiger partial charge in [-0.2, -0.15) is 0 Å². The van der Waals surface area contributed by atoms with Gasteiger partial charge in [0.05, 0.1) is 22.1 Å². The van der Waals surface area contributed by atoms with Crippen LogP contribution >= 0.6 is 23.2 Å². The first kappa shape index (κ1) is 32.2. The Balaban J connectivity index is 1.40. The molecule has 242 valence electrons. The number of anilines is 1. The number of benzene rings is 2. The van der Waals surface area contributed by atoms with Crippen molar-refractivity contribution in [1.82, 2.24) is 10.6 Å². The minimum Gasteiger partial charge on any atom is -0.481 e. The highest BCUT2D eigenvalue weighted by Crippen LogP contribution is 2.63. The van der Waals surface area contributed by atoms with Crippen molar-refractivity contribution in [2.45, 2.75) is 106 Å². The molecule has 2 aromatic carbocycles. The molecule has 0 unspecified atom stereocenters. The Hall–Kier alpha value is -2.72. The minimum absolute atomic E-state index is 0.115. The molecule has 2 aliphatic heterocycles. The third-order valence-corrected chi connectivity index (χ3v) is 11.7. The maximum Gasteiger partial charge on any atom is 0.309 e. The second kappa shape index (κ2) is 11.8. The summed E-state index contributed by atoms with van der Waals surface area (Å²) >= 11 is 12.6. The van der Waals surface area contributed by atoms with Crippen molar-refractivity contribution in [2.75, 3.05) is 11.9 Å². The fourth-order valence-corrected chi connectivity index (χ4v) is 9.18. The molecule has 2 aromatic rings. The van der Waals surface area contributed by atoms with Crippen LogP contribution in [0.1, 0.15) is 94.6 Å². The monoisotopic (exact) mass is 659 g/mol. The van der Waals surface area contributed by atoms with Crippen LogP contribution in [0.2, 0.25) is 10.0 Å². The summed E-state index contributed by atoms with van der Waals surface area (Å²) in [7, 11) is 0. The van der Waals surface area contributed by atoms with Crippen LogP contribution in [0.3, 0.4) is 0 Å². The van der Waals surface area contributed by atoms with Crippen LogP contribution in [0.4, 0.5) is 10.1 Å². The largest absolute Gasteiger partial charge is 0.481 e. The van der Waals surface area contributed by atoms with E-state index in [-0.39, 0.29) is 23.0 Å². The highest BCUT2D eigenvalue weighted by Gasteiger charge is 2.73. The van der Waals surface area contributed by atoms with E-state index in [4.69, 9.17) is 23.2 Å². The second-order valence-corrected chi connectivity index (χ2v) is 14.7. The van der Waals surface area contributed by atoms with Crippen LogP contribution in [0.15, 0.2) is 36.4 Å². The van der Waals surface area contributed by atoms with Gasteiger partial charge in [0.1, 0.15) is 11.2 Å². The van der Waals surface area contributed by atoms with Crippen LogP contribution in [0, 0.1) is 11.2 Å². The van der Waals surface area contributed by atoms with Crippen LogP contribution in [-0.2, 0) is 19.8 Å². The van der Waals surface area contributed by atoms with E-state index in [2.05, 4.69) is 16.0 Å². The molecule has 6 rings (SSSR count). The van der Waals surface area contributed by atoms with Crippen molar-refractivity contribution in [3.8, 4) is 0 Å². The van der Waals surface area contributed by atoms with Gasteiger partial charge >= 0.3 is 5.97 Å². The lowest BCUT2D eigenvalue weighted by atomic mass is 9.54. The maximum atomic E-state index is 16.1. The number of fused-ring (bicyclic) bond motifs is 3. The first-order valence-corrected chi connectivity index (χ1v) is 16.7. The Bertz CT molecular complexity index is 1520. The smallest absolute Gasteiger partial charge is 0.309 e. The molecule has 0 aromatic heterocycles. The molecule has 2 amide bonds. The van der Waals surface area contributed by atoms with E-state index < -0.39 is 51.6 Å². The second-order valence-electron chi connectivity index (χ2n) is 13.8. The number of carboxylic acids is 1. The van der Waals surface area contributed by atoms with Gasteiger partial charge in [0.2, 0.25) is 11.8 Å². The number of carbonyl (C=O) groups excluding carboxylic acids is 2. The maximum absolute atomic E-state index is 16.1. The molecular weight excluding hydrogens is 620 g/mol. The van der Waals surface area contributed by atoms with E-state index in [9.17, 15) is 24.6 Å². The Morgan fingerprint density at radius 1 is 1.04 bits per heavy atom. The van der Waals surface area contributed by atoms with Gasteiger partial charge in [0.15, 0.2) is 0 Å². The number of halogens is 3. The molecule has 3 atom stereocenters. The fourth-order valence-electron chi connectivity index (χ4n) is 8.83. The molecule has 5 N–H and O–H groups in total. The summed E-state index contributed by atoms with van der Waals surface area (Å²) in [5, 5.41) is 30.8. The third kappa shape index (κ3) is 5.24. The molecule has 4 aliphatic rings. The summed E-state index contributed by atoms with van der Waals surface area (Å²) in [6.45, 7) is 2.00. The molecule has 45 heavy (non-hydrogen) atoms. The molecule has 11 heteroatoms. The predicted octanol–water partition coefficient (Wildman–Crippen LogP) is 6.07. The summed E-state index contributed by atoms with van der Waals surface area (Å²) in [5.41, 5.74) is -2.89. The van der Waals surface area contributed by atoms with E-state index in [1.807, 2.05) is 0 Å². The molecule has 2 saturated carbocycles. The van der Waals surface area contributed by atoms with Gasteiger partial charge in [-0.1, -0.05) is 60.7 Å². The van der Waals surface area contributed by atoms with E-state index in [0.717, 1.165) is 19.3 Å². The molecule has 1 saturated heterocycles. The highest BCUT2D eigenvalue weighted by molar-refractivity contribution is 6.31. The van der Waals surface area contributed by atoms with Gasteiger partial charge in [-0.15, -0.1) is 0 Å². The summed E-state index contributed by atoms with van der Waals surface area (Å²) in [6.07, 6.45) is 6.43. The highest BCUT2D eigenvalue weighted by atomic mass is 35.5. The lowest BCUT2D eigenvalue weighted by Gasteiger charge is -2.49. The topological polar surface area (TPSA) is 128 Å². The Morgan fingerprint density at radius 3 is 2.44 bits per heavy atom. The molecule has 0 bridgehead atoms. The van der Waals surface area contributed by atoms with Crippen molar-refractivity contribution >= 4 is 46.7 Å². The molecule has 3 fully saturated rings. The average Bonchev–Trinajstić information content (AvgIpc) is 3.46. The van der Waals surface area contributed by atoms with Crippen LogP contribution in [0.5, 0.6) is 0 Å². The Morgan fingerprint density at radius 2 is 1.76 bits per heavy atom. The molecule has 0 radical (unpaired) electrons. The Labute approximate surface area is 272 Å². The zero-order valence-electron chi connectivity index (χ0n) is 25.4. The van der Waals surface area contributed by atoms with Crippen molar-refractivity contribution in [3.05, 3.63) is 63.4 Å². The fraction of sp³-hybridized carbons (Fsp3) is 0.559. The van der Waals surface area contributed by atoms with Crippen LogP contribution < -0.4 is 16.0 Å². The standard InChI is InChI=1S/C34H40Cl2FN3O5/c1-31(45)14-16-33(17-15-31)34(22-10-9-20(35)19-24(22)39-29(34)42)25(21-7-5-8-23(36)26(21)37)27(40-33)28(41)38-18-6-13-32(30(43)44)11-3-2-4-12-32/h5,7-10,19,25,27,40,45H,2-4,6,11-18H2,1H3,(H,38,41)(H,39,42)(H,43,44)/t25-,27+,31?,33?,34+/m0/s1. The molecule has 8 nitrogen and oxygen atoms in total. The number of hydrogen-bond donors (Lipinski definition) is 5. The first-order valence-electron chi connectivity index (χ1n) is 15.9. The first-order chi connectivity index (χ1) is 21.4. The number of carbonyl (C=O) groups is 3. The lowest BCUT2D eigenvalue weighted by molar-refractivity contribution is -0.151. The van der Waals surface area contributed by atoms with Crippen LogP contribution in [-0.4, -0.2) is 51.7 Å². The van der Waals surface area contributed by atoms with E-state index in [1.54, 1.807) is 37.3 Å². The quantitative estimate of drug-likeness (QED) is 0.230. The average molecular weight is 661 g/mol.